The molecular formula is C13H13N3O2. The predicted molar refractivity (Wildman–Crippen MR) is 68.9 cm³/mol. The van der Waals surface area contributed by atoms with Gasteiger partial charge >= 0.3 is 5.97 Å². The van der Waals surface area contributed by atoms with Gasteiger partial charge in [0.2, 0.25) is 0 Å². The number of carbonyl (C=O) groups excluding carboxylic acids is 1. The molecule has 2 rings (SSSR count). The Morgan fingerprint density at radius 3 is 3.00 bits per heavy atom. The summed E-state index contributed by atoms with van der Waals surface area (Å²) in [5.41, 5.74) is 8.11. The second-order valence-electron chi connectivity index (χ2n) is 3.64. The number of hydrogen-bond acceptors (Lipinski definition) is 4. The summed E-state index contributed by atoms with van der Waals surface area (Å²) >= 11 is 0. The fourth-order valence-corrected chi connectivity index (χ4v) is 1.51. The van der Waals surface area contributed by atoms with Gasteiger partial charge in [0.05, 0.1) is 5.69 Å². The zero-order chi connectivity index (χ0) is 13.0. The van der Waals surface area contributed by atoms with Crippen molar-refractivity contribution in [3.05, 3.63) is 48.7 Å². The van der Waals surface area contributed by atoms with Crippen LogP contribution in [0.4, 0.5) is 5.69 Å². The number of aromatic nitrogens is 2. The molecule has 0 unspecified atom stereocenters. The maximum atomic E-state index is 11.6. The molecule has 3 N–H and O–H groups in total. The number of para-hydroxylation sites is 1. The summed E-state index contributed by atoms with van der Waals surface area (Å²) in [7, 11) is 0. The summed E-state index contributed by atoms with van der Waals surface area (Å²) in [5.74, 6) is -0.469. The third kappa shape index (κ3) is 2.40. The third-order valence-electron chi connectivity index (χ3n) is 2.37. The Hall–Kier alpha value is -2.56. The van der Waals surface area contributed by atoms with Gasteiger partial charge in [-0.25, -0.2) is 4.79 Å². The smallest absolute Gasteiger partial charge is 0.356 e. The molecule has 0 aliphatic carbocycles. The Morgan fingerprint density at radius 2 is 2.28 bits per heavy atom. The summed E-state index contributed by atoms with van der Waals surface area (Å²) in [5, 5.41) is 6.67. The van der Waals surface area contributed by atoms with Gasteiger partial charge in [-0.05, 0) is 12.1 Å². The number of nitrogens with two attached hydrogens (primary N) is 1. The third-order valence-corrected chi connectivity index (χ3v) is 2.37. The number of anilines is 1. The van der Waals surface area contributed by atoms with Gasteiger partial charge < -0.3 is 10.5 Å². The first-order valence-electron chi connectivity index (χ1n) is 5.40. The van der Waals surface area contributed by atoms with Crippen LogP contribution in [0.2, 0.25) is 0 Å². The van der Waals surface area contributed by atoms with Gasteiger partial charge in [-0.1, -0.05) is 30.9 Å². The number of ether oxygens (including phenoxy) is 1. The molecule has 0 saturated carbocycles. The maximum absolute atomic E-state index is 11.6. The van der Waals surface area contributed by atoms with Crippen LogP contribution in [0.25, 0.3) is 11.3 Å². The summed E-state index contributed by atoms with van der Waals surface area (Å²) in [4.78, 5) is 11.6. The van der Waals surface area contributed by atoms with Gasteiger partial charge in [-0.15, -0.1) is 0 Å². The van der Waals surface area contributed by atoms with E-state index in [4.69, 9.17) is 10.5 Å². The SMILES string of the molecule is C=CCOC(=O)c1cc(-c2ccccc2N)n[nH]1. The molecule has 0 spiro atoms. The van der Waals surface area contributed by atoms with E-state index in [0.29, 0.717) is 11.4 Å². The predicted octanol–water partition coefficient (Wildman–Crippen LogP) is 2.00. The zero-order valence-corrected chi connectivity index (χ0v) is 9.72. The fourth-order valence-electron chi connectivity index (χ4n) is 1.51. The lowest BCUT2D eigenvalue weighted by atomic mass is 10.1. The van der Waals surface area contributed by atoms with E-state index in [1.54, 1.807) is 12.1 Å². The minimum atomic E-state index is -0.469. The highest BCUT2D eigenvalue weighted by Gasteiger charge is 2.12. The molecule has 1 heterocycles. The van der Waals surface area contributed by atoms with Crippen molar-refractivity contribution >= 4 is 11.7 Å². The van der Waals surface area contributed by atoms with Crippen molar-refractivity contribution in [2.75, 3.05) is 12.3 Å². The molecule has 18 heavy (non-hydrogen) atoms. The lowest BCUT2D eigenvalue weighted by Gasteiger charge is -2.00. The zero-order valence-electron chi connectivity index (χ0n) is 9.72. The second-order valence-corrected chi connectivity index (χ2v) is 3.64. The Kier molecular flexibility index (Phi) is 3.43. The van der Waals surface area contributed by atoms with Crippen LogP contribution < -0.4 is 5.73 Å². The molecule has 0 aliphatic rings. The molecule has 0 radical (unpaired) electrons. The summed E-state index contributed by atoms with van der Waals surface area (Å²) < 4.78 is 4.90. The Balaban J connectivity index is 2.23. The van der Waals surface area contributed by atoms with Crippen LogP contribution in [-0.2, 0) is 4.74 Å². The maximum Gasteiger partial charge on any atom is 0.356 e. The standard InChI is InChI=1S/C13H13N3O2/c1-2-7-18-13(17)12-8-11(15-16-12)9-5-3-4-6-10(9)14/h2-6,8H,1,7,14H2,(H,15,16). The van der Waals surface area contributed by atoms with Crippen LogP contribution in [0, 0.1) is 0 Å². The van der Waals surface area contributed by atoms with Crippen LogP contribution in [0.15, 0.2) is 43.0 Å². The molecule has 0 fully saturated rings. The first-order valence-corrected chi connectivity index (χ1v) is 5.40. The quantitative estimate of drug-likeness (QED) is 0.489. The highest BCUT2D eigenvalue weighted by molar-refractivity contribution is 5.89. The van der Waals surface area contributed by atoms with Crippen LogP contribution in [0.3, 0.4) is 0 Å². The first kappa shape index (κ1) is 11.9. The number of esters is 1. The van der Waals surface area contributed by atoms with E-state index in [9.17, 15) is 4.79 Å². The average molecular weight is 243 g/mol. The van der Waals surface area contributed by atoms with Crippen molar-refractivity contribution in [2.24, 2.45) is 0 Å². The number of nitrogen functional groups attached to an aromatic ring is 1. The summed E-state index contributed by atoms with van der Waals surface area (Å²) in [6.45, 7) is 3.64. The van der Waals surface area contributed by atoms with Gasteiger partial charge in [-0.2, -0.15) is 5.10 Å². The second kappa shape index (κ2) is 5.18. The number of carbonyl (C=O) groups is 1. The molecule has 1 aromatic heterocycles. The van der Waals surface area contributed by atoms with Crippen molar-refractivity contribution in [2.45, 2.75) is 0 Å². The van der Waals surface area contributed by atoms with E-state index in [0.717, 1.165) is 5.56 Å². The van der Waals surface area contributed by atoms with Crippen LogP contribution in [0.1, 0.15) is 10.5 Å². The van der Waals surface area contributed by atoms with Crippen molar-refractivity contribution in [1.82, 2.24) is 10.2 Å². The molecule has 5 nitrogen and oxygen atoms in total. The topological polar surface area (TPSA) is 81.0 Å². The molecule has 0 aliphatic heterocycles. The monoisotopic (exact) mass is 243 g/mol. The van der Waals surface area contributed by atoms with E-state index < -0.39 is 5.97 Å². The highest BCUT2D eigenvalue weighted by Crippen LogP contribution is 2.23. The van der Waals surface area contributed by atoms with Gasteiger partial charge in [0.25, 0.3) is 0 Å². The summed E-state index contributed by atoms with van der Waals surface area (Å²) in [6.07, 6.45) is 1.50. The van der Waals surface area contributed by atoms with Gasteiger partial charge in [0.1, 0.15) is 12.3 Å². The lowest BCUT2D eigenvalue weighted by Crippen LogP contribution is -2.05. The van der Waals surface area contributed by atoms with Crippen molar-refractivity contribution in [1.29, 1.82) is 0 Å². The van der Waals surface area contributed by atoms with Crippen molar-refractivity contribution in [3.63, 3.8) is 0 Å². The Morgan fingerprint density at radius 1 is 1.50 bits per heavy atom. The fraction of sp³-hybridized carbons (Fsp3) is 0.0769. The van der Waals surface area contributed by atoms with Crippen molar-refractivity contribution in [3.8, 4) is 11.3 Å². The molecule has 5 heteroatoms. The van der Waals surface area contributed by atoms with E-state index >= 15 is 0 Å². The van der Waals surface area contributed by atoms with E-state index in [-0.39, 0.29) is 12.3 Å². The van der Waals surface area contributed by atoms with E-state index in [1.165, 1.54) is 6.08 Å². The normalized spacial score (nSPS) is 10.0. The van der Waals surface area contributed by atoms with Crippen molar-refractivity contribution < 1.29 is 9.53 Å². The molecule has 0 saturated heterocycles. The molecule has 2 aromatic rings. The number of nitrogens with zero attached hydrogens (tertiary/aromatic N) is 1. The number of benzene rings is 1. The minimum absolute atomic E-state index is 0.167. The molecule has 0 amide bonds. The number of nitrogens with one attached hydrogen (secondary N) is 1. The van der Waals surface area contributed by atoms with Crippen LogP contribution in [-0.4, -0.2) is 22.8 Å². The van der Waals surface area contributed by atoms with E-state index in [2.05, 4.69) is 16.8 Å². The van der Waals surface area contributed by atoms with Crippen LogP contribution >= 0.6 is 0 Å². The molecular weight excluding hydrogens is 230 g/mol. The van der Waals surface area contributed by atoms with E-state index in [1.807, 2.05) is 18.2 Å². The minimum Gasteiger partial charge on any atom is -0.457 e. The number of H-pyrrole nitrogens is 1. The first-order chi connectivity index (χ1) is 8.72. The van der Waals surface area contributed by atoms with Crippen LogP contribution in [0.5, 0.6) is 0 Å². The van der Waals surface area contributed by atoms with Gasteiger partial charge in [-0.3, -0.25) is 5.10 Å². The lowest BCUT2D eigenvalue weighted by molar-refractivity contribution is 0.0543. The highest BCUT2D eigenvalue weighted by atomic mass is 16.5. The molecule has 0 bridgehead atoms. The Labute approximate surface area is 104 Å². The number of hydrogen-bond donors (Lipinski definition) is 2. The van der Waals surface area contributed by atoms with Gasteiger partial charge in [0, 0.05) is 11.3 Å². The molecule has 0 atom stereocenters. The largest absolute Gasteiger partial charge is 0.457 e. The van der Waals surface area contributed by atoms with Gasteiger partial charge in [0.15, 0.2) is 0 Å². The molecule has 92 valence electrons. The number of aromatic amines is 1. The Bertz CT molecular complexity index is 575. The number of rotatable bonds is 4. The average Bonchev–Trinajstić information content (AvgIpc) is 2.86. The molecule has 1 aromatic carbocycles. The summed E-state index contributed by atoms with van der Waals surface area (Å²) in [6, 6.07) is 8.92.